The topological polar surface area (TPSA) is 57.2 Å². The van der Waals surface area contributed by atoms with Crippen LogP contribution in [0.3, 0.4) is 0 Å². The maximum absolute atomic E-state index is 15.1. The van der Waals surface area contributed by atoms with Crippen LogP contribution in [0.2, 0.25) is 0 Å². The van der Waals surface area contributed by atoms with Crippen LogP contribution in [0.4, 0.5) is 4.39 Å². The zero-order valence-corrected chi connectivity index (χ0v) is 21.6. The van der Waals surface area contributed by atoms with Crippen LogP contribution in [0.25, 0.3) is 11.1 Å². The third kappa shape index (κ3) is 8.01. The number of aliphatic hydroxyl groups excluding tert-OH is 1. The van der Waals surface area contributed by atoms with Gasteiger partial charge in [0, 0.05) is 25.4 Å². The first kappa shape index (κ1) is 27.6. The van der Waals surface area contributed by atoms with Crippen molar-refractivity contribution in [2.75, 3.05) is 26.9 Å². The zero-order chi connectivity index (χ0) is 25.3. The fourth-order valence-electron chi connectivity index (χ4n) is 4.43. The Morgan fingerprint density at radius 3 is 2.57 bits per heavy atom. The minimum atomic E-state index is -0.303. The lowest BCUT2D eigenvalue weighted by atomic mass is 9.81. The Morgan fingerprint density at radius 2 is 1.89 bits per heavy atom. The molecule has 1 fully saturated rings. The van der Waals surface area contributed by atoms with E-state index in [4.69, 9.17) is 24.1 Å². The van der Waals surface area contributed by atoms with Crippen molar-refractivity contribution in [2.45, 2.75) is 78.3 Å². The second-order valence-corrected chi connectivity index (χ2v) is 10.3. The number of methoxy groups -OCH3 is 1. The van der Waals surface area contributed by atoms with Gasteiger partial charge in [0.15, 0.2) is 6.29 Å². The molecule has 0 aromatic heterocycles. The molecule has 0 spiro atoms. The highest BCUT2D eigenvalue weighted by Gasteiger charge is 2.30. The van der Waals surface area contributed by atoms with Crippen molar-refractivity contribution in [2.24, 2.45) is 5.41 Å². The number of hydrogen-bond acceptors (Lipinski definition) is 5. The zero-order valence-electron chi connectivity index (χ0n) is 21.6. The van der Waals surface area contributed by atoms with Gasteiger partial charge >= 0.3 is 0 Å². The molecule has 1 aliphatic heterocycles. The highest BCUT2D eigenvalue weighted by Crippen LogP contribution is 2.42. The van der Waals surface area contributed by atoms with Gasteiger partial charge in [-0.3, -0.25) is 0 Å². The SMILES string of the molecule is COc1ccc(F)c(-c2ccc(COC3CCCCO3)cc2C(OCCCCCO)C(C)(C)C)c1. The molecule has 2 aromatic carbocycles. The monoisotopic (exact) mass is 488 g/mol. The number of benzene rings is 2. The van der Waals surface area contributed by atoms with Crippen molar-refractivity contribution in [1.29, 1.82) is 0 Å². The second-order valence-electron chi connectivity index (χ2n) is 10.3. The summed E-state index contributed by atoms with van der Waals surface area (Å²) in [5.74, 6) is 0.300. The molecule has 0 amide bonds. The lowest BCUT2D eigenvalue weighted by Crippen LogP contribution is -2.24. The third-order valence-electron chi connectivity index (χ3n) is 6.31. The largest absolute Gasteiger partial charge is 0.497 e. The summed E-state index contributed by atoms with van der Waals surface area (Å²) in [6.07, 6.45) is 5.18. The number of hydrogen-bond donors (Lipinski definition) is 1. The van der Waals surface area contributed by atoms with Gasteiger partial charge < -0.3 is 24.1 Å². The number of aliphatic hydroxyl groups is 1. The van der Waals surface area contributed by atoms with Crippen molar-refractivity contribution in [3.8, 4) is 16.9 Å². The van der Waals surface area contributed by atoms with Crippen LogP contribution in [-0.2, 0) is 20.8 Å². The van der Waals surface area contributed by atoms with Gasteiger partial charge in [-0.15, -0.1) is 0 Å². The molecule has 1 heterocycles. The van der Waals surface area contributed by atoms with Gasteiger partial charge in [-0.2, -0.15) is 0 Å². The van der Waals surface area contributed by atoms with Crippen LogP contribution in [0.1, 0.15) is 76.5 Å². The predicted octanol–water partition coefficient (Wildman–Crippen LogP) is 6.81. The van der Waals surface area contributed by atoms with E-state index in [9.17, 15) is 0 Å². The molecule has 1 saturated heterocycles. The van der Waals surface area contributed by atoms with E-state index in [-0.39, 0.29) is 30.2 Å². The van der Waals surface area contributed by atoms with Gasteiger partial charge in [-0.05, 0) is 78.8 Å². The Hall–Kier alpha value is -1.99. The molecule has 2 unspecified atom stereocenters. The molecule has 2 atom stereocenters. The molecule has 2 aromatic rings. The van der Waals surface area contributed by atoms with E-state index < -0.39 is 0 Å². The summed E-state index contributed by atoms with van der Waals surface area (Å²) >= 11 is 0. The summed E-state index contributed by atoms with van der Waals surface area (Å²) in [6.45, 7) is 8.32. The molecule has 0 radical (unpaired) electrons. The highest BCUT2D eigenvalue weighted by molar-refractivity contribution is 5.70. The average molecular weight is 489 g/mol. The van der Waals surface area contributed by atoms with Gasteiger partial charge in [-0.1, -0.05) is 39.0 Å². The molecule has 1 aliphatic rings. The van der Waals surface area contributed by atoms with E-state index in [2.05, 4.69) is 26.8 Å². The van der Waals surface area contributed by atoms with Crippen LogP contribution >= 0.6 is 0 Å². The fourth-order valence-corrected chi connectivity index (χ4v) is 4.43. The standard InChI is InChI=1S/C29H41FO5/c1-29(2,3)28(34-17-8-5-7-15-31)25-18-21(20-35-27-10-6-9-16-33-27)11-13-23(25)24-19-22(32-4)12-14-26(24)30/h11-14,18-19,27-28,31H,5-10,15-17,20H2,1-4H3. The summed E-state index contributed by atoms with van der Waals surface area (Å²) in [7, 11) is 1.58. The van der Waals surface area contributed by atoms with E-state index >= 15 is 4.39 Å². The van der Waals surface area contributed by atoms with Crippen LogP contribution < -0.4 is 4.74 Å². The number of ether oxygens (including phenoxy) is 4. The first-order valence-corrected chi connectivity index (χ1v) is 12.8. The normalized spacial score (nSPS) is 17.4. The lowest BCUT2D eigenvalue weighted by Gasteiger charge is -2.33. The first-order chi connectivity index (χ1) is 16.8. The minimum Gasteiger partial charge on any atom is -0.497 e. The summed E-state index contributed by atoms with van der Waals surface area (Å²) in [5.41, 5.74) is 2.97. The van der Waals surface area contributed by atoms with Crippen LogP contribution in [0.15, 0.2) is 36.4 Å². The van der Waals surface area contributed by atoms with Gasteiger partial charge in [0.2, 0.25) is 0 Å². The van der Waals surface area contributed by atoms with Crippen LogP contribution in [0, 0.1) is 11.2 Å². The smallest absolute Gasteiger partial charge is 0.158 e. The Kier molecular flexibility index (Phi) is 10.5. The van der Waals surface area contributed by atoms with Crippen molar-refractivity contribution >= 4 is 0 Å². The maximum atomic E-state index is 15.1. The Balaban J connectivity index is 1.95. The number of rotatable bonds is 12. The second kappa shape index (κ2) is 13.4. The van der Waals surface area contributed by atoms with Crippen LogP contribution in [0.5, 0.6) is 5.75 Å². The van der Waals surface area contributed by atoms with E-state index in [0.29, 0.717) is 24.5 Å². The van der Waals surface area contributed by atoms with E-state index in [1.165, 1.54) is 6.07 Å². The molecule has 1 N–H and O–H groups in total. The molecule has 3 rings (SSSR count). The van der Waals surface area contributed by atoms with E-state index in [0.717, 1.165) is 61.8 Å². The number of halogens is 1. The van der Waals surface area contributed by atoms with Crippen molar-refractivity contribution in [1.82, 2.24) is 0 Å². The number of unbranched alkanes of at least 4 members (excludes halogenated alkanes) is 2. The Bertz CT molecular complexity index is 918. The maximum Gasteiger partial charge on any atom is 0.158 e. The molecule has 35 heavy (non-hydrogen) atoms. The van der Waals surface area contributed by atoms with Gasteiger partial charge in [0.05, 0.1) is 19.8 Å². The van der Waals surface area contributed by atoms with Gasteiger partial charge in [0.25, 0.3) is 0 Å². The van der Waals surface area contributed by atoms with Crippen molar-refractivity contribution in [3.05, 3.63) is 53.3 Å². The fraction of sp³-hybridized carbons (Fsp3) is 0.586. The minimum absolute atomic E-state index is 0.177. The van der Waals surface area contributed by atoms with Crippen molar-refractivity contribution in [3.63, 3.8) is 0 Å². The summed E-state index contributed by atoms with van der Waals surface area (Å²) in [6, 6.07) is 10.8. The molecular formula is C29H41FO5. The molecule has 0 saturated carbocycles. The predicted molar refractivity (Wildman–Crippen MR) is 136 cm³/mol. The average Bonchev–Trinajstić information content (AvgIpc) is 2.85. The summed E-state index contributed by atoms with van der Waals surface area (Å²) in [4.78, 5) is 0. The lowest BCUT2D eigenvalue weighted by molar-refractivity contribution is -0.168. The van der Waals surface area contributed by atoms with E-state index in [1.807, 2.05) is 12.1 Å². The Labute approximate surface area is 209 Å². The highest BCUT2D eigenvalue weighted by atomic mass is 19.1. The summed E-state index contributed by atoms with van der Waals surface area (Å²) < 4.78 is 38.6. The summed E-state index contributed by atoms with van der Waals surface area (Å²) in [5, 5.41) is 9.08. The van der Waals surface area contributed by atoms with Crippen LogP contribution in [-0.4, -0.2) is 38.3 Å². The van der Waals surface area contributed by atoms with Crippen molar-refractivity contribution < 1.29 is 28.4 Å². The van der Waals surface area contributed by atoms with Gasteiger partial charge in [0.1, 0.15) is 11.6 Å². The molecule has 0 aliphatic carbocycles. The van der Waals surface area contributed by atoms with Gasteiger partial charge in [-0.25, -0.2) is 4.39 Å². The van der Waals surface area contributed by atoms with E-state index in [1.54, 1.807) is 19.2 Å². The third-order valence-corrected chi connectivity index (χ3v) is 6.31. The first-order valence-electron chi connectivity index (χ1n) is 12.8. The molecular weight excluding hydrogens is 447 g/mol. The molecule has 6 heteroatoms. The molecule has 194 valence electrons. The molecule has 5 nitrogen and oxygen atoms in total. The Morgan fingerprint density at radius 1 is 1.06 bits per heavy atom. The quantitative estimate of drug-likeness (QED) is 0.333. The molecule has 0 bridgehead atoms.